The SMILES string of the molecule is CCc1ccc(OCc2ccc(Cl)cc2Cl)cc1OCCC(=O)OC. The number of aryl methyl sites for hydroxylation is 1. The summed E-state index contributed by atoms with van der Waals surface area (Å²) in [5.41, 5.74) is 1.89. The summed E-state index contributed by atoms with van der Waals surface area (Å²) in [6.07, 6.45) is 1.02. The Morgan fingerprint density at radius 2 is 1.80 bits per heavy atom. The van der Waals surface area contributed by atoms with Crippen LogP contribution in [0.2, 0.25) is 10.0 Å². The van der Waals surface area contributed by atoms with E-state index in [4.69, 9.17) is 32.7 Å². The molecule has 0 saturated carbocycles. The first-order valence-corrected chi connectivity index (χ1v) is 8.68. The number of ether oxygens (including phenoxy) is 3. The van der Waals surface area contributed by atoms with Gasteiger partial charge in [-0.1, -0.05) is 42.3 Å². The van der Waals surface area contributed by atoms with Crippen LogP contribution in [0.4, 0.5) is 0 Å². The number of hydrogen-bond donors (Lipinski definition) is 0. The van der Waals surface area contributed by atoms with Crippen LogP contribution < -0.4 is 9.47 Å². The van der Waals surface area contributed by atoms with Crippen molar-refractivity contribution < 1.29 is 19.0 Å². The normalized spacial score (nSPS) is 10.4. The molecule has 2 aromatic carbocycles. The summed E-state index contributed by atoms with van der Waals surface area (Å²) in [5.74, 6) is 1.06. The molecule has 6 heteroatoms. The molecule has 2 rings (SSSR count). The number of esters is 1. The highest BCUT2D eigenvalue weighted by molar-refractivity contribution is 6.35. The lowest BCUT2D eigenvalue weighted by atomic mass is 10.1. The molecule has 0 unspecified atom stereocenters. The quantitative estimate of drug-likeness (QED) is 0.597. The van der Waals surface area contributed by atoms with Crippen LogP contribution in [-0.4, -0.2) is 19.7 Å². The third-order valence-corrected chi connectivity index (χ3v) is 4.21. The predicted octanol–water partition coefficient (Wildman–Crippen LogP) is 5.08. The Bertz CT molecular complexity index is 731. The van der Waals surface area contributed by atoms with Gasteiger partial charge in [-0.3, -0.25) is 4.79 Å². The monoisotopic (exact) mass is 382 g/mol. The predicted molar refractivity (Wildman–Crippen MR) is 98.7 cm³/mol. The molecule has 0 saturated heterocycles. The first kappa shape index (κ1) is 19.4. The van der Waals surface area contributed by atoms with Crippen molar-refractivity contribution >= 4 is 29.2 Å². The molecule has 0 fully saturated rings. The van der Waals surface area contributed by atoms with Crippen LogP contribution >= 0.6 is 23.2 Å². The number of methoxy groups -OCH3 is 1. The van der Waals surface area contributed by atoms with Crippen molar-refractivity contribution in [1.82, 2.24) is 0 Å². The minimum atomic E-state index is -0.303. The van der Waals surface area contributed by atoms with E-state index in [1.54, 1.807) is 12.1 Å². The van der Waals surface area contributed by atoms with Gasteiger partial charge in [0.1, 0.15) is 18.1 Å². The van der Waals surface area contributed by atoms with Crippen LogP contribution in [0.15, 0.2) is 36.4 Å². The maximum absolute atomic E-state index is 11.2. The zero-order valence-electron chi connectivity index (χ0n) is 14.2. The third kappa shape index (κ3) is 5.83. The highest BCUT2D eigenvalue weighted by atomic mass is 35.5. The van der Waals surface area contributed by atoms with E-state index in [0.717, 1.165) is 17.5 Å². The summed E-state index contributed by atoms with van der Waals surface area (Å²) in [5, 5.41) is 1.15. The third-order valence-electron chi connectivity index (χ3n) is 3.62. The molecular weight excluding hydrogens is 363 g/mol. The topological polar surface area (TPSA) is 44.8 Å². The summed E-state index contributed by atoms with van der Waals surface area (Å²) in [6.45, 7) is 2.62. The maximum Gasteiger partial charge on any atom is 0.308 e. The molecule has 25 heavy (non-hydrogen) atoms. The van der Waals surface area contributed by atoms with Crippen LogP contribution in [0, 0.1) is 0 Å². The van der Waals surface area contributed by atoms with Crippen molar-refractivity contribution in [2.75, 3.05) is 13.7 Å². The molecule has 0 bridgehead atoms. The number of benzene rings is 2. The van der Waals surface area contributed by atoms with Gasteiger partial charge in [0.25, 0.3) is 0 Å². The summed E-state index contributed by atoms with van der Waals surface area (Å²) in [4.78, 5) is 11.2. The van der Waals surface area contributed by atoms with Crippen molar-refractivity contribution in [3.05, 3.63) is 57.6 Å². The van der Waals surface area contributed by atoms with Gasteiger partial charge in [0.05, 0.1) is 20.1 Å². The summed E-state index contributed by atoms with van der Waals surface area (Å²) in [7, 11) is 1.36. The standard InChI is InChI=1S/C19H20Cl2O4/c1-3-13-5-7-16(11-18(13)24-9-8-19(22)23-2)25-12-14-4-6-15(20)10-17(14)21/h4-7,10-11H,3,8-9,12H2,1-2H3. The van der Waals surface area contributed by atoms with Crippen molar-refractivity contribution in [2.24, 2.45) is 0 Å². The van der Waals surface area contributed by atoms with E-state index in [1.165, 1.54) is 7.11 Å². The molecule has 0 aliphatic rings. The average molecular weight is 383 g/mol. The van der Waals surface area contributed by atoms with Gasteiger partial charge in [-0.05, 0) is 30.2 Å². The molecule has 0 amide bonds. The Kier molecular flexibility index (Phi) is 7.41. The van der Waals surface area contributed by atoms with Gasteiger partial charge in [-0.25, -0.2) is 0 Å². The fraction of sp³-hybridized carbons (Fsp3) is 0.316. The Morgan fingerprint density at radius 1 is 1.04 bits per heavy atom. The second-order valence-corrected chi connectivity index (χ2v) is 6.17. The van der Waals surface area contributed by atoms with Gasteiger partial charge in [0.2, 0.25) is 0 Å². The largest absolute Gasteiger partial charge is 0.493 e. The number of carbonyl (C=O) groups is 1. The molecule has 0 aliphatic heterocycles. The molecule has 0 heterocycles. The van der Waals surface area contributed by atoms with Gasteiger partial charge in [-0.2, -0.15) is 0 Å². The molecule has 134 valence electrons. The molecular formula is C19H20Cl2O4. The van der Waals surface area contributed by atoms with E-state index in [9.17, 15) is 4.79 Å². The van der Waals surface area contributed by atoms with Crippen molar-refractivity contribution in [3.63, 3.8) is 0 Å². The highest BCUT2D eigenvalue weighted by Crippen LogP contribution is 2.27. The van der Waals surface area contributed by atoms with E-state index in [-0.39, 0.29) is 19.0 Å². The Labute approximate surface area is 157 Å². The van der Waals surface area contributed by atoms with Crippen LogP contribution in [0.3, 0.4) is 0 Å². The van der Waals surface area contributed by atoms with Crippen LogP contribution in [-0.2, 0) is 22.6 Å². The van der Waals surface area contributed by atoms with Crippen LogP contribution in [0.1, 0.15) is 24.5 Å². The highest BCUT2D eigenvalue weighted by Gasteiger charge is 2.08. The molecule has 2 aromatic rings. The van der Waals surface area contributed by atoms with Gasteiger partial charge < -0.3 is 14.2 Å². The average Bonchev–Trinajstić information content (AvgIpc) is 2.61. The smallest absolute Gasteiger partial charge is 0.308 e. The number of halogens is 2. The van der Waals surface area contributed by atoms with Gasteiger partial charge in [0.15, 0.2) is 0 Å². The second-order valence-electron chi connectivity index (χ2n) is 5.32. The van der Waals surface area contributed by atoms with E-state index in [1.807, 2.05) is 31.2 Å². The molecule has 4 nitrogen and oxygen atoms in total. The fourth-order valence-electron chi connectivity index (χ4n) is 2.20. The van der Waals surface area contributed by atoms with Gasteiger partial charge in [0, 0.05) is 21.7 Å². The molecule has 0 spiro atoms. The lowest BCUT2D eigenvalue weighted by Gasteiger charge is -2.13. The number of hydrogen-bond acceptors (Lipinski definition) is 4. The van der Waals surface area contributed by atoms with Crippen molar-refractivity contribution in [2.45, 2.75) is 26.4 Å². The number of rotatable bonds is 8. The lowest BCUT2D eigenvalue weighted by molar-refractivity contribution is -0.141. The van der Waals surface area contributed by atoms with Gasteiger partial charge >= 0.3 is 5.97 Å². The Balaban J connectivity index is 2.03. The molecule has 0 aliphatic carbocycles. The van der Waals surface area contributed by atoms with E-state index >= 15 is 0 Å². The van der Waals surface area contributed by atoms with Crippen molar-refractivity contribution in [1.29, 1.82) is 0 Å². The maximum atomic E-state index is 11.2. The first-order chi connectivity index (χ1) is 12.0. The molecule has 0 radical (unpaired) electrons. The van der Waals surface area contributed by atoms with Crippen LogP contribution in [0.5, 0.6) is 11.5 Å². The summed E-state index contributed by atoms with van der Waals surface area (Å²) >= 11 is 12.0. The van der Waals surface area contributed by atoms with Gasteiger partial charge in [-0.15, -0.1) is 0 Å². The minimum Gasteiger partial charge on any atom is -0.493 e. The number of carbonyl (C=O) groups excluding carboxylic acids is 1. The lowest BCUT2D eigenvalue weighted by Crippen LogP contribution is -2.08. The molecule has 0 aromatic heterocycles. The summed E-state index contributed by atoms with van der Waals surface area (Å²) < 4.78 is 16.1. The zero-order chi connectivity index (χ0) is 18.2. The van der Waals surface area contributed by atoms with E-state index in [2.05, 4.69) is 4.74 Å². The minimum absolute atomic E-state index is 0.200. The summed E-state index contributed by atoms with van der Waals surface area (Å²) in [6, 6.07) is 10.9. The van der Waals surface area contributed by atoms with E-state index in [0.29, 0.717) is 28.2 Å². The Morgan fingerprint density at radius 3 is 2.48 bits per heavy atom. The van der Waals surface area contributed by atoms with Crippen LogP contribution in [0.25, 0.3) is 0 Å². The molecule has 0 N–H and O–H groups in total. The first-order valence-electron chi connectivity index (χ1n) is 7.92. The van der Waals surface area contributed by atoms with E-state index < -0.39 is 0 Å². The second kappa shape index (κ2) is 9.54. The Hall–Kier alpha value is -1.91. The molecule has 0 atom stereocenters. The van der Waals surface area contributed by atoms with Crippen molar-refractivity contribution in [3.8, 4) is 11.5 Å². The fourth-order valence-corrected chi connectivity index (χ4v) is 2.66. The zero-order valence-corrected chi connectivity index (χ0v) is 15.7.